The van der Waals surface area contributed by atoms with Crippen molar-refractivity contribution in [3.8, 4) is 11.5 Å². The molecule has 182 valence electrons. The summed E-state index contributed by atoms with van der Waals surface area (Å²) in [7, 11) is 0. The van der Waals surface area contributed by atoms with Crippen LogP contribution in [0, 0.1) is 6.92 Å². The molecule has 1 atom stereocenters. The van der Waals surface area contributed by atoms with Crippen LogP contribution in [-0.4, -0.2) is 23.5 Å². The predicted molar refractivity (Wildman–Crippen MR) is 125 cm³/mol. The van der Waals surface area contributed by atoms with E-state index in [4.69, 9.17) is 10.5 Å². The van der Waals surface area contributed by atoms with E-state index in [9.17, 15) is 18.0 Å². The lowest BCUT2D eigenvalue weighted by Gasteiger charge is -2.44. The Hall–Kier alpha value is -3.00. The molecule has 0 radical (unpaired) electrons. The summed E-state index contributed by atoms with van der Waals surface area (Å²) in [6, 6.07) is 11.6. The van der Waals surface area contributed by atoms with Crippen LogP contribution in [-0.2, 0) is 5.41 Å². The maximum Gasteiger partial charge on any atom is 0.573 e. The number of benzene rings is 2. The number of aryl methyl sites for hydroxylation is 1. The fourth-order valence-electron chi connectivity index (χ4n) is 5.11. The highest BCUT2D eigenvalue weighted by Crippen LogP contribution is 2.44. The first kappa shape index (κ1) is 24.1. The summed E-state index contributed by atoms with van der Waals surface area (Å²) in [5, 5.41) is 1.45. The van der Waals surface area contributed by atoms with Crippen molar-refractivity contribution in [1.29, 1.82) is 0 Å². The third-order valence-corrected chi connectivity index (χ3v) is 7.00. The van der Waals surface area contributed by atoms with Gasteiger partial charge in [0.2, 0.25) is 0 Å². The average Bonchev–Trinajstić information content (AvgIpc) is 2.80. The number of hydrogen-bond acceptors (Lipinski definition) is 4. The van der Waals surface area contributed by atoms with Crippen LogP contribution in [0.2, 0.25) is 0 Å². The van der Waals surface area contributed by atoms with E-state index in [0.29, 0.717) is 5.39 Å². The summed E-state index contributed by atoms with van der Waals surface area (Å²) < 4.78 is 48.0. The summed E-state index contributed by atoms with van der Waals surface area (Å²) in [5.41, 5.74) is 7.92. The smallest absolute Gasteiger partial charge is 0.490 e. The second-order valence-electron chi connectivity index (χ2n) is 9.07. The minimum Gasteiger partial charge on any atom is -0.490 e. The van der Waals surface area contributed by atoms with Crippen LogP contribution in [0.15, 0.2) is 53.5 Å². The van der Waals surface area contributed by atoms with Gasteiger partial charge in [0.25, 0.3) is 5.56 Å². The minimum absolute atomic E-state index is 0.0110. The third-order valence-electron chi connectivity index (χ3n) is 7.00. The molecule has 2 aromatic carbocycles. The van der Waals surface area contributed by atoms with Gasteiger partial charge in [-0.2, -0.15) is 0 Å². The Morgan fingerprint density at radius 1 is 1.15 bits per heavy atom. The van der Waals surface area contributed by atoms with Gasteiger partial charge in [0.1, 0.15) is 11.5 Å². The Bertz CT molecular complexity index is 1200. The summed E-state index contributed by atoms with van der Waals surface area (Å²) >= 11 is 0. The number of nitrogens with one attached hydrogen (secondary N) is 1. The van der Waals surface area contributed by atoms with Gasteiger partial charge >= 0.3 is 6.36 Å². The molecule has 1 unspecified atom stereocenters. The number of aromatic nitrogens is 1. The lowest BCUT2D eigenvalue weighted by atomic mass is 9.64. The van der Waals surface area contributed by atoms with E-state index in [1.165, 1.54) is 12.1 Å². The fourth-order valence-corrected chi connectivity index (χ4v) is 5.11. The molecule has 34 heavy (non-hydrogen) atoms. The Balaban J connectivity index is 1.52. The second kappa shape index (κ2) is 9.33. The molecule has 3 N–H and O–H groups in total. The number of fused-ring (bicyclic) bond motifs is 1. The van der Waals surface area contributed by atoms with Crippen LogP contribution in [0.1, 0.15) is 50.2 Å². The number of alkyl halides is 3. The van der Waals surface area contributed by atoms with Gasteiger partial charge in [0, 0.05) is 23.0 Å². The van der Waals surface area contributed by atoms with Crippen molar-refractivity contribution in [1.82, 2.24) is 4.98 Å². The van der Waals surface area contributed by atoms with Crippen molar-refractivity contribution in [3.05, 3.63) is 70.1 Å². The van der Waals surface area contributed by atoms with Crippen molar-refractivity contribution in [3.63, 3.8) is 0 Å². The topological polar surface area (TPSA) is 77.3 Å². The lowest BCUT2D eigenvalue weighted by Crippen LogP contribution is -2.48. The largest absolute Gasteiger partial charge is 0.573 e. The van der Waals surface area contributed by atoms with Gasteiger partial charge in [-0.05, 0) is 85.9 Å². The normalized spacial score (nSPS) is 21.9. The molecule has 4 rings (SSSR count). The highest BCUT2D eigenvalue weighted by molar-refractivity contribution is 5.83. The molecule has 1 aliphatic rings. The van der Waals surface area contributed by atoms with Crippen molar-refractivity contribution in [2.75, 3.05) is 0 Å². The van der Waals surface area contributed by atoms with Crippen LogP contribution >= 0.6 is 0 Å². The number of H-pyrrole nitrogens is 1. The van der Waals surface area contributed by atoms with Gasteiger partial charge in [-0.15, -0.1) is 13.2 Å². The SMILES string of the molecule is CCC(N)C1(c2ccc(OC(F)(F)F)cc2)CCC(Oc2cc3cc[nH]c(=O)c3cc2C)CC1. The lowest BCUT2D eigenvalue weighted by molar-refractivity contribution is -0.274. The first-order valence-corrected chi connectivity index (χ1v) is 11.5. The minimum atomic E-state index is -4.72. The summed E-state index contributed by atoms with van der Waals surface area (Å²) in [6.07, 6.45) is 0.700. The van der Waals surface area contributed by atoms with Gasteiger partial charge in [-0.25, -0.2) is 0 Å². The van der Waals surface area contributed by atoms with Gasteiger partial charge in [-0.3, -0.25) is 4.79 Å². The zero-order valence-electron chi connectivity index (χ0n) is 19.2. The fraction of sp³-hybridized carbons (Fsp3) is 0.423. The van der Waals surface area contributed by atoms with Crippen LogP contribution in [0.25, 0.3) is 10.8 Å². The van der Waals surface area contributed by atoms with Crippen LogP contribution in [0.5, 0.6) is 11.5 Å². The van der Waals surface area contributed by atoms with E-state index >= 15 is 0 Å². The molecule has 8 heteroatoms. The molecule has 0 spiro atoms. The average molecular weight is 475 g/mol. The number of ether oxygens (including phenoxy) is 2. The van der Waals surface area contributed by atoms with Crippen molar-refractivity contribution in [2.24, 2.45) is 5.73 Å². The molecule has 5 nitrogen and oxygen atoms in total. The highest BCUT2D eigenvalue weighted by Gasteiger charge is 2.42. The summed E-state index contributed by atoms with van der Waals surface area (Å²) in [5.74, 6) is 0.517. The number of nitrogens with two attached hydrogens (primary N) is 1. The molecule has 1 aromatic heterocycles. The first-order valence-electron chi connectivity index (χ1n) is 11.5. The summed E-state index contributed by atoms with van der Waals surface area (Å²) in [4.78, 5) is 14.7. The van der Waals surface area contributed by atoms with Crippen LogP contribution in [0.3, 0.4) is 0 Å². The second-order valence-corrected chi connectivity index (χ2v) is 9.07. The van der Waals surface area contributed by atoms with E-state index in [-0.39, 0.29) is 28.9 Å². The number of pyridine rings is 1. The summed E-state index contributed by atoms with van der Waals surface area (Å²) in [6.45, 7) is 3.95. The van der Waals surface area contributed by atoms with Crippen LogP contribution in [0.4, 0.5) is 13.2 Å². The first-order chi connectivity index (χ1) is 16.1. The van der Waals surface area contributed by atoms with Crippen molar-refractivity contribution < 1.29 is 22.6 Å². The van der Waals surface area contributed by atoms with Crippen molar-refractivity contribution in [2.45, 2.75) is 69.9 Å². The zero-order valence-corrected chi connectivity index (χ0v) is 19.2. The number of aromatic amines is 1. The van der Waals surface area contributed by atoms with Gasteiger partial charge in [0.15, 0.2) is 0 Å². The van der Waals surface area contributed by atoms with E-state index in [0.717, 1.165) is 54.4 Å². The van der Waals surface area contributed by atoms with Crippen LogP contribution < -0.4 is 20.8 Å². The maximum absolute atomic E-state index is 12.5. The maximum atomic E-state index is 12.5. The molecule has 1 heterocycles. The number of hydrogen-bond donors (Lipinski definition) is 2. The molecule has 1 saturated carbocycles. The quantitative estimate of drug-likeness (QED) is 0.478. The molecular formula is C26H29F3N2O3. The molecule has 3 aromatic rings. The predicted octanol–water partition coefficient (Wildman–Crippen LogP) is 5.73. The highest BCUT2D eigenvalue weighted by atomic mass is 19.4. The Kier molecular flexibility index (Phi) is 6.62. The number of rotatable bonds is 6. The van der Waals surface area contributed by atoms with E-state index in [2.05, 4.69) is 9.72 Å². The molecule has 1 fully saturated rings. The molecule has 0 amide bonds. The van der Waals surface area contributed by atoms with Crippen molar-refractivity contribution >= 4 is 10.8 Å². The van der Waals surface area contributed by atoms with E-state index in [1.807, 2.05) is 32.0 Å². The van der Waals surface area contributed by atoms with Gasteiger partial charge in [0.05, 0.1) is 6.10 Å². The Labute approximate surface area is 196 Å². The molecule has 1 aliphatic carbocycles. The molecular weight excluding hydrogens is 445 g/mol. The number of halogens is 3. The molecule has 0 aliphatic heterocycles. The Morgan fingerprint density at radius 3 is 2.44 bits per heavy atom. The van der Waals surface area contributed by atoms with Gasteiger partial charge < -0.3 is 20.2 Å². The third kappa shape index (κ3) is 4.92. The standard InChI is InChI=1S/C26H29F3N2O3/c1-3-23(30)25(18-4-6-20(7-5-18)34-26(27,28)29)11-8-19(9-12-25)33-22-15-17-10-13-31-24(32)21(17)14-16(22)2/h4-7,10,13-15,19,23H,3,8-9,11-12,30H2,1-2H3,(H,31,32). The Morgan fingerprint density at radius 2 is 1.82 bits per heavy atom. The van der Waals surface area contributed by atoms with E-state index in [1.54, 1.807) is 18.3 Å². The molecule has 0 saturated heterocycles. The van der Waals surface area contributed by atoms with Gasteiger partial charge in [-0.1, -0.05) is 19.1 Å². The van der Waals surface area contributed by atoms with E-state index < -0.39 is 6.36 Å². The molecule has 0 bridgehead atoms. The monoisotopic (exact) mass is 474 g/mol. The zero-order chi connectivity index (χ0) is 24.5.